The largest absolute Gasteiger partial charge is 0.382 e. The van der Waals surface area contributed by atoms with Gasteiger partial charge in [-0.25, -0.2) is 0 Å². The fraction of sp³-hybridized carbons (Fsp3) is 0.778. The first-order valence-electron chi connectivity index (χ1n) is 5.13. The summed E-state index contributed by atoms with van der Waals surface area (Å²) < 4.78 is 8.09. The van der Waals surface area contributed by atoms with Crippen LogP contribution in [0.2, 0.25) is 5.15 Å². The Morgan fingerprint density at radius 2 is 2.13 bits per heavy atom. The van der Waals surface area contributed by atoms with Crippen LogP contribution in [0.25, 0.3) is 0 Å². The van der Waals surface area contributed by atoms with E-state index in [1.54, 1.807) is 0 Å². The summed E-state index contributed by atoms with van der Waals surface area (Å²) in [7, 11) is 0. The Hall–Kier alpha value is -0.230. The Kier molecular flexibility index (Phi) is 2.24. The number of halogens is 1. The number of fused-ring (bicyclic) bond motifs is 3. The van der Waals surface area contributed by atoms with E-state index in [1.807, 2.05) is 0 Å². The molecule has 0 aliphatic carbocycles. The van der Waals surface area contributed by atoms with Crippen LogP contribution in [0.5, 0.6) is 0 Å². The van der Waals surface area contributed by atoms with Crippen molar-refractivity contribution in [2.75, 3.05) is 19.6 Å². The second-order valence-electron chi connectivity index (χ2n) is 4.38. The molecule has 1 aromatic rings. The quantitative estimate of drug-likeness (QED) is 0.805. The average molecular weight is 246 g/mol. The SMILES string of the molecule is OC1(c2nsnc2Cl)CN2CCC1CC2. The fourth-order valence-electron chi connectivity index (χ4n) is 2.74. The van der Waals surface area contributed by atoms with Crippen LogP contribution in [0.4, 0.5) is 0 Å². The lowest BCUT2D eigenvalue weighted by Gasteiger charge is -2.49. The van der Waals surface area contributed by atoms with E-state index >= 15 is 0 Å². The normalized spacial score (nSPS) is 39.6. The van der Waals surface area contributed by atoms with Crippen molar-refractivity contribution in [1.82, 2.24) is 13.6 Å². The van der Waals surface area contributed by atoms with Gasteiger partial charge in [0.05, 0.1) is 11.7 Å². The number of nitrogens with zero attached hydrogens (tertiary/aromatic N) is 3. The van der Waals surface area contributed by atoms with Gasteiger partial charge in [0.2, 0.25) is 0 Å². The van der Waals surface area contributed by atoms with Crippen LogP contribution in [0.3, 0.4) is 0 Å². The van der Waals surface area contributed by atoms with Crippen LogP contribution in [0.1, 0.15) is 18.5 Å². The van der Waals surface area contributed by atoms with Crippen LogP contribution in [-0.4, -0.2) is 38.4 Å². The number of aromatic nitrogens is 2. The number of hydrogen-bond acceptors (Lipinski definition) is 5. The van der Waals surface area contributed by atoms with Crippen molar-refractivity contribution >= 4 is 23.3 Å². The van der Waals surface area contributed by atoms with E-state index in [9.17, 15) is 5.11 Å². The van der Waals surface area contributed by atoms with E-state index in [1.165, 1.54) is 0 Å². The first-order valence-corrected chi connectivity index (χ1v) is 6.24. The van der Waals surface area contributed by atoms with Crippen molar-refractivity contribution in [1.29, 1.82) is 0 Å². The molecule has 0 aromatic carbocycles. The van der Waals surface area contributed by atoms with E-state index in [0.29, 0.717) is 23.3 Å². The molecule has 3 aliphatic rings. The first-order chi connectivity index (χ1) is 7.20. The monoisotopic (exact) mass is 245 g/mol. The molecule has 3 saturated heterocycles. The minimum absolute atomic E-state index is 0.295. The van der Waals surface area contributed by atoms with Crippen LogP contribution >= 0.6 is 23.3 Å². The average Bonchev–Trinajstić information content (AvgIpc) is 2.66. The minimum Gasteiger partial charge on any atom is -0.382 e. The zero-order chi connectivity index (χ0) is 10.5. The van der Waals surface area contributed by atoms with Gasteiger partial charge in [-0.2, -0.15) is 8.75 Å². The molecule has 0 saturated carbocycles. The van der Waals surface area contributed by atoms with Gasteiger partial charge >= 0.3 is 0 Å². The third-order valence-corrected chi connectivity index (χ3v) is 4.48. The Morgan fingerprint density at radius 1 is 1.40 bits per heavy atom. The standard InChI is InChI=1S/C9H12ClN3OS/c10-8-7(11-15-12-8)9(14)5-13-3-1-6(9)2-4-13/h6,14H,1-5H2. The predicted molar refractivity (Wildman–Crippen MR) is 58.0 cm³/mol. The van der Waals surface area contributed by atoms with Gasteiger partial charge in [-0.15, -0.1) is 0 Å². The number of piperidine rings is 3. The van der Waals surface area contributed by atoms with Crippen LogP contribution < -0.4 is 0 Å². The second-order valence-corrected chi connectivity index (χ2v) is 5.26. The molecule has 82 valence electrons. The number of rotatable bonds is 1. The highest BCUT2D eigenvalue weighted by Crippen LogP contribution is 2.43. The molecule has 3 fully saturated rings. The Balaban J connectivity index is 2.00. The smallest absolute Gasteiger partial charge is 0.169 e. The molecule has 1 unspecified atom stereocenters. The molecule has 4 nitrogen and oxygen atoms in total. The molecule has 0 radical (unpaired) electrons. The summed E-state index contributed by atoms with van der Waals surface area (Å²) in [5.41, 5.74) is -0.274. The summed E-state index contributed by atoms with van der Waals surface area (Å²) in [5, 5.41) is 11.1. The van der Waals surface area contributed by atoms with E-state index < -0.39 is 5.60 Å². The molecule has 6 heteroatoms. The molecule has 0 amide bonds. The van der Waals surface area contributed by atoms with E-state index in [2.05, 4.69) is 13.6 Å². The molecule has 1 aromatic heterocycles. The molecule has 0 spiro atoms. The first kappa shape index (κ1) is 9.96. The van der Waals surface area contributed by atoms with E-state index in [0.717, 1.165) is 37.7 Å². The summed E-state index contributed by atoms with van der Waals surface area (Å²) in [6.07, 6.45) is 2.06. The molecule has 4 rings (SSSR count). The van der Waals surface area contributed by atoms with Crippen molar-refractivity contribution in [2.24, 2.45) is 5.92 Å². The lowest BCUT2D eigenvalue weighted by atomic mass is 9.74. The molecule has 15 heavy (non-hydrogen) atoms. The summed E-state index contributed by atoms with van der Waals surface area (Å²) in [4.78, 5) is 2.27. The summed E-state index contributed by atoms with van der Waals surface area (Å²) in [6.45, 7) is 2.83. The topological polar surface area (TPSA) is 49.3 Å². The van der Waals surface area contributed by atoms with Gasteiger partial charge in [0.1, 0.15) is 11.3 Å². The van der Waals surface area contributed by atoms with Crippen LogP contribution in [0.15, 0.2) is 0 Å². The van der Waals surface area contributed by atoms with Gasteiger partial charge in [0.15, 0.2) is 5.15 Å². The van der Waals surface area contributed by atoms with E-state index in [-0.39, 0.29) is 0 Å². The Morgan fingerprint density at radius 3 is 2.60 bits per heavy atom. The molecule has 4 heterocycles. The summed E-state index contributed by atoms with van der Waals surface area (Å²) in [5.74, 6) is 0.295. The fourth-order valence-corrected chi connectivity index (χ4v) is 3.62. The second kappa shape index (κ2) is 3.38. The van der Waals surface area contributed by atoms with Gasteiger partial charge in [-0.05, 0) is 31.8 Å². The van der Waals surface area contributed by atoms with Crippen molar-refractivity contribution < 1.29 is 5.11 Å². The zero-order valence-corrected chi connectivity index (χ0v) is 9.76. The maximum Gasteiger partial charge on any atom is 0.169 e. The Labute approximate surface area is 97.2 Å². The minimum atomic E-state index is -0.861. The summed E-state index contributed by atoms with van der Waals surface area (Å²) >= 11 is 7.03. The lowest BCUT2D eigenvalue weighted by Crippen LogP contribution is -2.57. The molecular formula is C9H12ClN3OS. The van der Waals surface area contributed by atoms with Crippen molar-refractivity contribution in [3.05, 3.63) is 10.8 Å². The van der Waals surface area contributed by atoms with Gasteiger partial charge in [0, 0.05) is 6.54 Å². The van der Waals surface area contributed by atoms with Crippen molar-refractivity contribution in [3.8, 4) is 0 Å². The number of hydrogen-bond donors (Lipinski definition) is 1. The molecule has 1 N–H and O–H groups in total. The highest BCUT2D eigenvalue weighted by Gasteiger charge is 2.49. The van der Waals surface area contributed by atoms with E-state index in [4.69, 9.17) is 11.6 Å². The van der Waals surface area contributed by atoms with Gasteiger partial charge < -0.3 is 10.0 Å². The molecule has 3 aliphatic heterocycles. The van der Waals surface area contributed by atoms with Gasteiger partial charge in [-0.1, -0.05) is 11.6 Å². The highest BCUT2D eigenvalue weighted by atomic mass is 35.5. The third-order valence-electron chi connectivity index (χ3n) is 3.59. The predicted octanol–water partition coefficient (Wildman–Crippen LogP) is 1.10. The Bertz CT molecular complexity index is 377. The van der Waals surface area contributed by atoms with Crippen molar-refractivity contribution in [3.63, 3.8) is 0 Å². The van der Waals surface area contributed by atoms with Crippen LogP contribution in [0, 0.1) is 5.92 Å². The lowest BCUT2D eigenvalue weighted by molar-refractivity contribution is -0.119. The third kappa shape index (κ3) is 1.41. The van der Waals surface area contributed by atoms with Gasteiger partial charge in [0.25, 0.3) is 0 Å². The zero-order valence-electron chi connectivity index (χ0n) is 8.19. The number of aliphatic hydroxyl groups is 1. The summed E-state index contributed by atoms with van der Waals surface area (Å²) in [6, 6.07) is 0. The molecule has 1 atom stereocenters. The molecular weight excluding hydrogens is 234 g/mol. The maximum absolute atomic E-state index is 10.7. The van der Waals surface area contributed by atoms with Crippen molar-refractivity contribution in [2.45, 2.75) is 18.4 Å². The maximum atomic E-state index is 10.7. The molecule has 2 bridgehead atoms. The van der Waals surface area contributed by atoms with Gasteiger partial charge in [-0.3, -0.25) is 0 Å². The van der Waals surface area contributed by atoms with Crippen LogP contribution in [-0.2, 0) is 5.60 Å². The highest BCUT2D eigenvalue weighted by molar-refractivity contribution is 6.99.